The molecule has 0 spiro atoms. The normalized spacial score (nSPS) is 16.0. The van der Waals surface area contributed by atoms with Crippen molar-refractivity contribution in [2.75, 3.05) is 31.6 Å². The van der Waals surface area contributed by atoms with Crippen LogP contribution < -0.4 is 59.7 Å². The lowest BCUT2D eigenvalue weighted by atomic mass is 10.0. The minimum absolute atomic E-state index is 0.0113. The van der Waals surface area contributed by atoms with E-state index < -0.39 is 157 Å². The Morgan fingerprint density at radius 3 is 1.73 bits per heavy atom. The first-order chi connectivity index (χ1) is 38.1. The van der Waals surface area contributed by atoms with Gasteiger partial charge in [0.25, 0.3) is 0 Å². The van der Waals surface area contributed by atoms with Crippen molar-refractivity contribution in [3.05, 3.63) is 18.2 Å². The number of nitrogens with two attached hydrogens (primary N) is 3. The molecule has 18 N–H and O–H groups in total. The van der Waals surface area contributed by atoms with E-state index in [0.29, 0.717) is 11.4 Å². The maximum absolute atomic E-state index is 14.5. The number of aromatic amines is 1. The van der Waals surface area contributed by atoms with E-state index in [4.69, 9.17) is 22.3 Å². The highest BCUT2D eigenvalue weighted by atomic mass is 32.2. The molecule has 0 radical (unpaired) electrons. The van der Waals surface area contributed by atoms with Crippen LogP contribution in [0.25, 0.3) is 0 Å². The number of guanidine groups is 1. The highest BCUT2D eigenvalue weighted by Gasteiger charge is 2.42. The number of imidazole rings is 1. The Kier molecular flexibility index (Phi) is 30.2. The zero-order valence-corrected chi connectivity index (χ0v) is 47.7. The average molecular weight is 1170 g/mol. The van der Waals surface area contributed by atoms with Crippen molar-refractivity contribution in [2.45, 2.75) is 167 Å². The van der Waals surface area contributed by atoms with E-state index in [-0.39, 0.29) is 82.3 Å². The number of nitrogens with one attached hydrogen (secondary N) is 9. The van der Waals surface area contributed by atoms with Crippen molar-refractivity contribution in [3.63, 3.8) is 0 Å². The molecule has 1 aromatic rings. The number of rotatable bonds is 37. The van der Waals surface area contributed by atoms with Gasteiger partial charge in [0.15, 0.2) is 5.96 Å². The van der Waals surface area contributed by atoms with Crippen LogP contribution in [0.1, 0.15) is 111 Å². The summed E-state index contributed by atoms with van der Waals surface area (Å²) in [5, 5.41) is 48.8. The van der Waals surface area contributed by atoms with Crippen LogP contribution in [0.5, 0.6) is 0 Å². The summed E-state index contributed by atoms with van der Waals surface area (Å²) in [7, 11) is 0. The lowest BCUT2D eigenvalue weighted by molar-refractivity contribution is -0.145. The molecule has 0 bridgehead atoms. The number of hydrogen-bond acceptors (Lipinski definition) is 16. The number of carboxylic acid groups (broad SMARTS) is 3. The molecule has 0 aromatic carbocycles. The zero-order valence-electron chi connectivity index (χ0n) is 46.9. The van der Waals surface area contributed by atoms with E-state index in [2.05, 4.69) is 57.5 Å². The van der Waals surface area contributed by atoms with E-state index in [1.807, 2.05) is 0 Å². The number of carbonyl (C=O) groups is 12. The van der Waals surface area contributed by atoms with Crippen molar-refractivity contribution < 1.29 is 72.9 Å². The summed E-state index contributed by atoms with van der Waals surface area (Å²) >= 11 is 1.36. The fourth-order valence-electron chi connectivity index (χ4n) is 8.55. The summed E-state index contributed by atoms with van der Waals surface area (Å²) in [4.78, 5) is 171. The third kappa shape index (κ3) is 25.2. The van der Waals surface area contributed by atoms with Gasteiger partial charge in [-0.2, -0.15) is 11.8 Å². The molecule has 9 atom stereocenters. The van der Waals surface area contributed by atoms with E-state index in [0.717, 1.165) is 0 Å². The summed E-state index contributed by atoms with van der Waals surface area (Å²) in [5.41, 5.74) is 16.8. The van der Waals surface area contributed by atoms with Crippen LogP contribution in [0.3, 0.4) is 0 Å². The van der Waals surface area contributed by atoms with Crippen LogP contribution in [-0.4, -0.2) is 193 Å². The SMILES string of the molecule is CSCC[C@H](NC(=O)[C@H](Cc1cnc[nH]1)NC(=O)[C@H](CC(C)C)NC(=O)[C@H](CCCN=C(N)N)NC(=O)CN)C(=O)N[C@H](C(=O)N1CCC[C@H]1C(=O)N[C@@H](CC(=O)O)C(=O)N[C@@H](CC(C)C)C(=O)N[C@@H](CCC(=O)O)C(=O)O)C(C)C. The smallest absolute Gasteiger partial charge is 0.326 e. The van der Waals surface area contributed by atoms with E-state index >= 15 is 0 Å². The lowest BCUT2D eigenvalue weighted by Crippen LogP contribution is -2.61. The van der Waals surface area contributed by atoms with Crippen molar-refractivity contribution in [1.82, 2.24) is 57.4 Å². The molecule has 0 saturated carbocycles. The third-order valence-corrected chi connectivity index (χ3v) is 13.3. The molecule has 31 heteroatoms. The first-order valence-electron chi connectivity index (χ1n) is 26.7. The molecule has 30 nitrogen and oxygen atoms in total. The van der Waals surface area contributed by atoms with Crippen molar-refractivity contribution in [2.24, 2.45) is 39.9 Å². The monoisotopic (exact) mass is 1170 g/mol. The van der Waals surface area contributed by atoms with Crippen molar-refractivity contribution in [3.8, 4) is 0 Å². The van der Waals surface area contributed by atoms with Crippen LogP contribution in [0.15, 0.2) is 17.5 Å². The quantitative estimate of drug-likeness (QED) is 0.0177. The molecular formula is C50H83N15O15S. The second-order valence-corrected chi connectivity index (χ2v) is 21.7. The average Bonchev–Trinajstić information content (AvgIpc) is 4.11. The summed E-state index contributed by atoms with van der Waals surface area (Å²) in [6, 6.07) is -12.5. The number of hydrogen-bond donors (Lipinski definition) is 15. The molecule has 454 valence electrons. The number of likely N-dealkylation sites (tertiary alicyclic amines) is 1. The summed E-state index contributed by atoms with van der Waals surface area (Å²) in [6.45, 7) is 9.99. The van der Waals surface area contributed by atoms with Gasteiger partial charge in [0.2, 0.25) is 53.2 Å². The Balaban J connectivity index is 2.39. The van der Waals surface area contributed by atoms with Gasteiger partial charge in [0.05, 0.1) is 19.3 Å². The Hall–Kier alpha value is -7.57. The first kappa shape index (κ1) is 69.5. The van der Waals surface area contributed by atoms with Crippen LogP contribution in [0.4, 0.5) is 0 Å². The van der Waals surface area contributed by atoms with Gasteiger partial charge in [0.1, 0.15) is 54.4 Å². The topological polar surface area (TPSA) is 484 Å². The predicted molar refractivity (Wildman–Crippen MR) is 295 cm³/mol. The molecule has 1 aromatic heterocycles. The molecule has 2 rings (SSSR count). The Labute approximate surface area is 474 Å². The summed E-state index contributed by atoms with van der Waals surface area (Å²) in [5.74, 6) is -12.7. The van der Waals surface area contributed by atoms with Crippen LogP contribution >= 0.6 is 11.8 Å². The predicted octanol–water partition coefficient (Wildman–Crippen LogP) is -3.24. The number of carbonyl (C=O) groups excluding carboxylic acids is 9. The number of H-pyrrole nitrogens is 1. The van der Waals surface area contributed by atoms with Gasteiger partial charge in [-0.3, -0.25) is 57.7 Å². The second-order valence-electron chi connectivity index (χ2n) is 20.8. The third-order valence-electron chi connectivity index (χ3n) is 12.7. The maximum atomic E-state index is 14.5. The molecule has 2 heterocycles. The van der Waals surface area contributed by atoms with E-state index in [9.17, 15) is 67.7 Å². The molecule has 1 aliphatic rings. The van der Waals surface area contributed by atoms with Crippen LogP contribution in [0.2, 0.25) is 0 Å². The standard InChI is InChI=1S/C50H83N15O15S/c1-25(2)18-32(43(73)59-31(49(79)80)12-13-38(67)68)61-46(76)35(21-39(69)70)63-47(77)36-11-9-16-65(36)48(78)40(27(5)6)64-42(72)30(14-17-81-7)58-45(75)34(20-28-23-54-24-56-28)62-44(74)33(19-26(3)4)60-41(71)29(57-37(66)22-51)10-8-15-55-50(52)53/h23-27,29-36,40H,8-22,51H2,1-7H3,(H,54,56)(H,57,66)(H,58,75)(H,59,73)(H,60,71)(H,61,76)(H,62,74)(H,63,77)(H,64,72)(H,67,68)(H,69,70)(H,79,80)(H4,52,53,55)/t29-,30-,31-,32-,33-,34-,35-,36-,40-/m0/s1. The van der Waals surface area contributed by atoms with Crippen molar-refractivity contribution in [1.29, 1.82) is 0 Å². The number of aliphatic carboxylic acids is 3. The number of aliphatic imine (C=N–C) groups is 1. The minimum atomic E-state index is -1.80. The van der Waals surface area contributed by atoms with E-state index in [1.54, 1.807) is 47.8 Å². The number of amides is 9. The fourth-order valence-corrected chi connectivity index (χ4v) is 9.02. The number of thioether (sulfide) groups is 1. The molecule has 0 aliphatic carbocycles. The van der Waals surface area contributed by atoms with Crippen molar-refractivity contribution >= 4 is 88.8 Å². The van der Waals surface area contributed by atoms with Crippen LogP contribution in [-0.2, 0) is 64.0 Å². The molecule has 1 saturated heterocycles. The number of nitrogens with zero attached hydrogens (tertiary/aromatic N) is 3. The summed E-state index contributed by atoms with van der Waals surface area (Å²) < 4.78 is 0. The molecule has 1 aliphatic heterocycles. The fraction of sp³-hybridized carbons (Fsp3) is 0.680. The number of aromatic nitrogens is 2. The number of carboxylic acids is 3. The van der Waals surface area contributed by atoms with Gasteiger partial charge in [-0.25, -0.2) is 9.78 Å². The first-order valence-corrected chi connectivity index (χ1v) is 28.1. The molecular weight excluding hydrogens is 1080 g/mol. The Bertz CT molecular complexity index is 2350. The molecule has 1 fully saturated rings. The molecule has 81 heavy (non-hydrogen) atoms. The second kappa shape index (κ2) is 35.2. The molecule has 0 unspecified atom stereocenters. The maximum Gasteiger partial charge on any atom is 0.326 e. The van der Waals surface area contributed by atoms with E-state index in [1.165, 1.54) is 29.2 Å². The zero-order chi connectivity index (χ0) is 61.1. The minimum Gasteiger partial charge on any atom is -0.481 e. The summed E-state index contributed by atoms with van der Waals surface area (Å²) in [6.07, 6.45) is 3.12. The van der Waals surface area contributed by atoms with Gasteiger partial charge in [-0.15, -0.1) is 0 Å². The van der Waals surface area contributed by atoms with Crippen LogP contribution in [0, 0.1) is 17.8 Å². The van der Waals surface area contributed by atoms with Gasteiger partial charge in [-0.1, -0.05) is 41.5 Å². The Morgan fingerprint density at radius 1 is 0.691 bits per heavy atom. The van der Waals surface area contributed by atoms with Gasteiger partial charge < -0.3 is 84.9 Å². The largest absolute Gasteiger partial charge is 0.481 e. The lowest BCUT2D eigenvalue weighted by Gasteiger charge is -2.32. The molecule has 9 amide bonds. The van der Waals surface area contributed by atoms with Gasteiger partial charge in [0, 0.05) is 37.8 Å². The van der Waals surface area contributed by atoms with Gasteiger partial charge in [-0.05, 0) is 81.1 Å². The highest BCUT2D eigenvalue weighted by molar-refractivity contribution is 7.98. The Morgan fingerprint density at radius 2 is 1.22 bits per heavy atom. The highest BCUT2D eigenvalue weighted by Crippen LogP contribution is 2.22. The van der Waals surface area contributed by atoms with Gasteiger partial charge >= 0.3 is 17.9 Å².